The molecule has 2 aliphatic rings. The highest BCUT2D eigenvalue weighted by Crippen LogP contribution is 2.38. The Morgan fingerprint density at radius 1 is 1.21 bits per heavy atom. The Balaban J connectivity index is 1.37. The molecule has 5 rings (SSSR count). The highest BCUT2D eigenvalue weighted by atomic mass is 35.5. The van der Waals surface area contributed by atoms with Crippen LogP contribution in [0.3, 0.4) is 0 Å². The fraction of sp³-hybridized carbons (Fsp3) is 0.400. The van der Waals surface area contributed by atoms with Crippen LogP contribution < -0.4 is 15.2 Å². The summed E-state index contributed by atoms with van der Waals surface area (Å²) in [5, 5.41) is 5.10. The van der Waals surface area contributed by atoms with Gasteiger partial charge < -0.3 is 15.2 Å². The zero-order chi connectivity index (χ0) is 19.3. The minimum atomic E-state index is 0.255. The maximum Gasteiger partial charge on any atom is 0.231 e. The SMILES string of the molecule is Cc1cc2nc([C@H]3CCCN(Cc4cc5c(cc4Cl)OCO5)C3)cc(N)n2n1. The number of piperidine rings is 1. The molecule has 0 spiro atoms. The van der Waals surface area contributed by atoms with Gasteiger partial charge in [-0.1, -0.05) is 11.6 Å². The lowest BCUT2D eigenvalue weighted by molar-refractivity contribution is 0.173. The number of nitrogens with two attached hydrogens (primary N) is 1. The molecule has 0 saturated carbocycles. The molecule has 7 nitrogen and oxygen atoms in total. The van der Waals surface area contributed by atoms with Crippen molar-refractivity contribution >= 4 is 23.1 Å². The van der Waals surface area contributed by atoms with Crippen molar-refractivity contribution in [2.24, 2.45) is 0 Å². The Hall–Kier alpha value is -2.51. The molecule has 0 radical (unpaired) electrons. The normalized spacial score (nSPS) is 19.4. The summed E-state index contributed by atoms with van der Waals surface area (Å²) in [5.74, 6) is 2.45. The van der Waals surface area contributed by atoms with Crippen LogP contribution in [0.4, 0.5) is 5.82 Å². The summed E-state index contributed by atoms with van der Waals surface area (Å²) in [7, 11) is 0. The van der Waals surface area contributed by atoms with Gasteiger partial charge in [0.2, 0.25) is 6.79 Å². The number of hydrogen-bond donors (Lipinski definition) is 1. The number of aryl methyl sites for hydroxylation is 1. The lowest BCUT2D eigenvalue weighted by atomic mass is 9.94. The van der Waals surface area contributed by atoms with Crippen LogP contribution in [0.1, 0.15) is 35.7 Å². The summed E-state index contributed by atoms with van der Waals surface area (Å²) < 4.78 is 12.6. The molecule has 0 unspecified atom stereocenters. The number of halogens is 1. The molecule has 2 aromatic heterocycles. The van der Waals surface area contributed by atoms with Gasteiger partial charge in [-0.2, -0.15) is 9.61 Å². The van der Waals surface area contributed by atoms with E-state index in [-0.39, 0.29) is 6.79 Å². The van der Waals surface area contributed by atoms with Gasteiger partial charge in [-0.25, -0.2) is 4.98 Å². The third kappa shape index (κ3) is 3.14. The summed E-state index contributed by atoms with van der Waals surface area (Å²) in [5.41, 5.74) is 10.0. The predicted octanol–water partition coefficient (Wildman–Crippen LogP) is 3.38. The molecule has 4 heterocycles. The fourth-order valence-corrected chi connectivity index (χ4v) is 4.32. The number of nitrogens with zero attached hydrogens (tertiary/aromatic N) is 4. The number of hydrogen-bond acceptors (Lipinski definition) is 6. The van der Waals surface area contributed by atoms with Crippen LogP contribution in [0.25, 0.3) is 5.65 Å². The molecule has 1 aromatic carbocycles. The minimum Gasteiger partial charge on any atom is -0.454 e. The number of rotatable bonds is 3. The monoisotopic (exact) mass is 399 g/mol. The van der Waals surface area contributed by atoms with Crippen molar-refractivity contribution < 1.29 is 9.47 Å². The van der Waals surface area contributed by atoms with Crippen LogP contribution >= 0.6 is 11.6 Å². The highest BCUT2D eigenvalue weighted by Gasteiger charge is 2.25. The second-order valence-electron chi connectivity index (χ2n) is 7.53. The summed E-state index contributed by atoms with van der Waals surface area (Å²) in [4.78, 5) is 7.24. The molecular formula is C20H22ClN5O2. The molecule has 8 heteroatoms. The van der Waals surface area contributed by atoms with E-state index in [4.69, 9.17) is 31.8 Å². The van der Waals surface area contributed by atoms with Gasteiger partial charge in [-0.05, 0) is 37.9 Å². The largest absolute Gasteiger partial charge is 0.454 e. The third-order valence-corrected chi connectivity index (χ3v) is 5.81. The van der Waals surface area contributed by atoms with Crippen molar-refractivity contribution in [2.75, 3.05) is 25.6 Å². The Labute approximate surface area is 168 Å². The van der Waals surface area contributed by atoms with Crippen LogP contribution in [0.2, 0.25) is 5.02 Å². The van der Waals surface area contributed by atoms with Crippen LogP contribution in [0, 0.1) is 6.92 Å². The molecule has 1 fully saturated rings. The lowest BCUT2D eigenvalue weighted by Crippen LogP contribution is -2.34. The van der Waals surface area contributed by atoms with E-state index in [1.54, 1.807) is 4.52 Å². The average Bonchev–Trinajstić information content (AvgIpc) is 3.27. The Morgan fingerprint density at radius 3 is 2.89 bits per heavy atom. The summed E-state index contributed by atoms with van der Waals surface area (Å²) >= 11 is 6.47. The smallest absolute Gasteiger partial charge is 0.231 e. The van der Waals surface area contributed by atoms with E-state index >= 15 is 0 Å². The van der Waals surface area contributed by atoms with Crippen molar-refractivity contribution in [3.05, 3.63) is 46.2 Å². The first kappa shape index (κ1) is 17.6. The minimum absolute atomic E-state index is 0.255. The van der Waals surface area contributed by atoms with Gasteiger partial charge >= 0.3 is 0 Å². The van der Waals surface area contributed by atoms with E-state index in [9.17, 15) is 0 Å². The second kappa shape index (κ2) is 6.83. The molecule has 0 aliphatic carbocycles. The molecule has 1 atom stereocenters. The van der Waals surface area contributed by atoms with Gasteiger partial charge in [0.25, 0.3) is 0 Å². The lowest BCUT2D eigenvalue weighted by Gasteiger charge is -2.32. The highest BCUT2D eigenvalue weighted by molar-refractivity contribution is 6.31. The van der Waals surface area contributed by atoms with Gasteiger partial charge in [-0.3, -0.25) is 4.90 Å². The first-order chi connectivity index (χ1) is 13.6. The van der Waals surface area contributed by atoms with Crippen LogP contribution in [-0.4, -0.2) is 39.4 Å². The Bertz CT molecular complexity index is 1050. The zero-order valence-electron chi connectivity index (χ0n) is 15.7. The standard InChI is InChI=1S/C20H22ClN5O2/c1-12-5-20-23-16(8-19(22)26(20)24-12)13-3-2-4-25(9-13)10-14-6-17-18(7-15(14)21)28-11-27-17/h5-8,13H,2-4,9-11,22H2,1H3/t13-/m0/s1. The second-order valence-corrected chi connectivity index (χ2v) is 7.94. The van der Waals surface area contributed by atoms with Crippen molar-refractivity contribution in [1.29, 1.82) is 0 Å². The number of likely N-dealkylation sites (tertiary alicyclic amines) is 1. The number of benzene rings is 1. The molecular weight excluding hydrogens is 378 g/mol. The molecule has 2 aliphatic heterocycles. The van der Waals surface area contributed by atoms with Gasteiger partial charge in [0.15, 0.2) is 17.1 Å². The molecule has 28 heavy (non-hydrogen) atoms. The van der Waals surface area contributed by atoms with Gasteiger partial charge in [-0.15, -0.1) is 0 Å². The van der Waals surface area contributed by atoms with Gasteiger partial charge in [0.1, 0.15) is 5.82 Å². The molecule has 0 amide bonds. The predicted molar refractivity (Wildman–Crippen MR) is 107 cm³/mol. The molecule has 0 bridgehead atoms. The zero-order valence-corrected chi connectivity index (χ0v) is 16.4. The fourth-order valence-electron chi connectivity index (χ4n) is 4.10. The maximum atomic E-state index is 6.47. The maximum absolute atomic E-state index is 6.47. The summed E-state index contributed by atoms with van der Waals surface area (Å²) in [6.45, 7) is 4.93. The quantitative estimate of drug-likeness (QED) is 0.727. The van der Waals surface area contributed by atoms with E-state index < -0.39 is 0 Å². The van der Waals surface area contributed by atoms with Crippen molar-refractivity contribution in [2.45, 2.75) is 32.2 Å². The van der Waals surface area contributed by atoms with Crippen LogP contribution in [0.5, 0.6) is 11.5 Å². The van der Waals surface area contributed by atoms with Crippen molar-refractivity contribution in [3.8, 4) is 11.5 Å². The van der Waals surface area contributed by atoms with Gasteiger partial charge in [0.05, 0.1) is 11.4 Å². The first-order valence-corrected chi connectivity index (χ1v) is 9.88. The first-order valence-electron chi connectivity index (χ1n) is 9.50. The van der Waals surface area contributed by atoms with E-state index in [0.717, 1.165) is 60.8 Å². The van der Waals surface area contributed by atoms with Crippen LogP contribution in [-0.2, 0) is 6.54 Å². The van der Waals surface area contributed by atoms with E-state index in [2.05, 4.69) is 10.00 Å². The number of anilines is 1. The summed E-state index contributed by atoms with van der Waals surface area (Å²) in [6, 6.07) is 7.76. The Morgan fingerprint density at radius 2 is 2.04 bits per heavy atom. The molecule has 146 valence electrons. The number of aromatic nitrogens is 3. The van der Waals surface area contributed by atoms with Crippen LogP contribution in [0.15, 0.2) is 24.3 Å². The van der Waals surface area contributed by atoms with E-state index in [1.807, 2.05) is 31.2 Å². The third-order valence-electron chi connectivity index (χ3n) is 5.46. The topological polar surface area (TPSA) is 77.9 Å². The number of nitrogen functional groups attached to an aromatic ring is 1. The molecule has 3 aromatic rings. The summed E-state index contributed by atoms with van der Waals surface area (Å²) in [6.07, 6.45) is 2.21. The van der Waals surface area contributed by atoms with E-state index in [1.165, 1.54) is 0 Å². The number of ether oxygens (including phenoxy) is 2. The van der Waals surface area contributed by atoms with Crippen molar-refractivity contribution in [1.82, 2.24) is 19.5 Å². The average molecular weight is 400 g/mol. The van der Waals surface area contributed by atoms with Crippen molar-refractivity contribution in [3.63, 3.8) is 0 Å². The van der Waals surface area contributed by atoms with E-state index in [0.29, 0.717) is 22.5 Å². The van der Waals surface area contributed by atoms with Gasteiger partial charge in [0, 0.05) is 42.2 Å². The molecule has 2 N–H and O–H groups in total. The number of fused-ring (bicyclic) bond motifs is 2. The Kier molecular flexibility index (Phi) is 4.29. The molecule has 1 saturated heterocycles.